The van der Waals surface area contributed by atoms with Crippen LogP contribution >= 0.6 is 11.8 Å². The highest BCUT2D eigenvalue weighted by atomic mass is 32.2. The monoisotopic (exact) mass is 423 g/mol. The number of nitrogens with one attached hydrogen (secondary N) is 1. The number of aliphatic imine (C=N–C) groups is 1. The predicted molar refractivity (Wildman–Crippen MR) is 120 cm³/mol. The van der Waals surface area contributed by atoms with Crippen LogP contribution in [-0.4, -0.2) is 62.2 Å². The summed E-state index contributed by atoms with van der Waals surface area (Å²) < 4.78 is 25.1. The van der Waals surface area contributed by atoms with Gasteiger partial charge in [0.05, 0.1) is 11.5 Å². The molecule has 7 heteroatoms. The SMILES string of the molecule is CN=C(NCCCS(=O)(=O)Cc1ccccc1)N1CCSC2(CCCCC2)C1. The van der Waals surface area contributed by atoms with Gasteiger partial charge >= 0.3 is 0 Å². The third-order valence-corrected chi connectivity index (χ3v) is 8.89. The second-order valence-electron chi connectivity index (χ2n) is 7.92. The van der Waals surface area contributed by atoms with E-state index in [4.69, 9.17) is 0 Å². The van der Waals surface area contributed by atoms with E-state index < -0.39 is 9.84 Å². The lowest BCUT2D eigenvalue weighted by Gasteiger charge is -2.45. The highest BCUT2D eigenvalue weighted by Gasteiger charge is 2.38. The zero-order valence-electron chi connectivity index (χ0n) is 16.9. The Morgan fingerprint density at radius 2 is 1.96 bits per heavy atom. The smallest absolute Gasteiger partial charge is 0.193 e. The summed E-state index contributed by atoms with van der Waals surface area (Å²) in [6, 6.07) is 9.40. The van der Waals surface area contributed by atoms with Crippen LogP contribution in [0.5, 0.6) is 0 Å². The molecule has 2 fully saturated rings. The first kappa shape index (κ1) is 21.5. The standard InChI is InChI=1S/C21H33N3O2S2/c1-22-20(24-14-15-27-21(18-24)11-6-3-7-12-21)23-13-8-16-28(25,26)17-19-9-4-2-5-10-19/h2,4-5,9-10H,3,6-8,11-18H2,1H3,(H,22,23). The molecular formula is C21H33N3O2S2. The van der Waals surface area contributed by atoms with Crippen molar-refractivity contribution in [2.45, 2.75) is 49.0 Å². The average molecular weight is 424 g/mol. The molecule has 1 spiro atoms. The van der Waals surface area contributed by atoms with E-state index >= 15 is 0 Å². The van der Waals surface area contributed by atoms with Gasteiger partial charge in [0.1, 0.15) is 0 Å². The number of hydrogen-bond donors (Lipinski definition) is 1. The Morgan fingerprint density at radius 3 is 2.68 bits per heavy atom. The number of thioether (sulfide) groups is 1. The molecule has 1 aromatic carbocycles. The van der Waals surface area contributed by atoms with E-state index in [0.29, 0.717) is 17.7 Å². The van der Waals surface area contributed by atoms with Crippen molar-refractivity contribution in [2.75, 3.05) is 38.2 Å². The molecule has 3 rings (SSSR count). The van der Waals surface area contributed by atoms with E-state index in [1.807, 2.05) is 37.4 Å². The van der Waals surface area contributed by atoms with Gasteiger partial charge in [-0.1, -0.05) is 49.6 Å². The third-order valence-electron chi connectivity index (χ3n) is 5.67. The van der Waals surface area contributed by atoms with E-state index in [0.717, 1.165) is 30.4 Å². The van der Waals surface area contributed by atoms with Crippen molar-refractivity contribution < 1.29 is 8.42 Å². The van der Waals surface area contributed by atoms with Gasteiger partial charge in [-0.3, -0.25) is 4.99 Å². The molecule has 0 radical (unpaired) electrons. The molecule has 28 heavy (non-hydrogen) atoms. The molecule has 1 aliphatic heterocycles. The lowest BCUT2D eigenvalue weighted by Crippen LogP contribution is -2.53. The molecule has 0 unspecified atom stereocenters. The Balaban J connectivity index is 1.45. The zero-order valence-corrected chi connectivity index (χ0v) is 18.5. The molecule has 1 saturated carbocycles. The van der Waals surface area contributed by atoms with Gasteiger partial charge in [-0.25, -0.2) is 8.42 Å². The molecule has 1 aliphatic carbocycles. The van der Waals surface area contributed by atoms with Gasteiger partial charge in [-0.15, -0.1) is 0 Å². The molecular weight excluding hydrogens is 390 g/mol. The molecule has 1 saturated heterocycles. The van der Waals surface area contributed by atoms with Crippen molar-refractivity contribution in [3.05, 3.63) is 35.9 Å². The van der Waals surface area contributed by atoms with Crippen LogP contribution in [-0.2, 0) is 15.6 Å². The van der Waals surface area contributed by atoms with Crippen LogP contribution in [0, 0.1) is 0 Å². The normalized spacial score (nSPS) is 20.3. The molecule has 0 aromatic heterocycles. The van der Waals surface area contributed by atoms with Crippen LogP contribution in [0.4, 0.5) is 0 Å². The first-order valence-electron chi connectivity index (χ1n) is 10.4. The number of nitrogens with zero attached hydrogens (tertiary/aromatic N) is 2. The van der Waals surface area contributed by atoms with Crippen LogP contribution in [0.15, 0.2) is 35.3 Å². The van der Waals surface area contributed by atoms with E-state index in [1.165, 1.54) is 32.1 Å². The first-order valence-corrected chi connectivity index (χ1v) is 13.2. The average Bonchev–Trinajstić information content (AvgIpc) is 2.69. The molecule has 1 N–H and O–H groups in total. The van der Waals surface area contributed by atoms with Crippen molar-refractivity contribution in [3.8, 4) is 0 Å². The first-order chi connectivity index (χ1) is 13.5. The highest BCUT2D eigenvalue weighted by molar-refractivity contribution is 8.00. The Hall–Kier alpha value is -1.21. The van der Waals surface area contributed by atoms with E-state index in [9.17, 15) is 8.42 Å². The summed E-state index contributed by atoms with van der Waals surface area (Å²) >= 11 is 2.15. The van der Waals surface area contributed by atoms with E-state index in [-0.39, 0.29) is 11.5 Å². The quantitative estimate of drug-likeness (QED) is 0.432. The molecule has 2 aliphatic rings. The number of sulfone groups is 1. The Bertz CT molecular complexity index is 739. The largest absolute Gasteiger partial charge is 0.356 e. The maximum atomic E-state index is 12.3. The van der Waals surface area contributed by atoms with Crippen molar-refractivity contribution in [1.29, 1.82) is 0 Å². The van der Waals surface area contributed by atoms with Gasteiger partial charge in [0.25, 0.3) is 0 Å². The van der Waals surface area contributed by atoms with Crippen molar-refractivity contribution in [1.82, 2.24) is 10.2 Å². The van der Waals surface area contributed by atoms with Gasteiger partial charge in [-0.2, -0.15) is 11.8 Å². The zero-order chi connectivity index (χ0) is 19.9. The predicted octanol–water partition coefficient (Wildman–Crippen LogP) is 3.32. The molecule has 156 valence electrons. The lowest BCUT2D eigenvalue weighted by molar-refractivity contribution is 0.293. The van der Waals surface area contributed by atoms with Gasteiger partial charge in [0.15, 0.2) is 15.8 Å². The highest BCUT2D eigenvalue weighted by Crippen LogP contribution is 2.42. The number of benzene rings is 1. The molecule has 0 amide bonds. The fraction of sp³-hybridized carbons (Fsp3) is 0.667. The van der Waals surface area contributed by atoms with Crippen molar-refractivity contribution >= 4 is 27.6 Å². The number of guanidine groups is 1. The molecule has 0 atom stereocenters. The third kappa shape index (κ3) is 6.14. The van der Waals surface area contributed by atoms with Gasteiger partial charge in [0.2, 0.25) is 0 Å². The van der Waals surface area contributed by atoms with Crippen molar-refractivity contribution in [3.63, 3.8) is 0 Å². The summed E-state index contributed by atoms with van der Waals surface area (Å²) in [7, 11) is -1.26. The van der Waals surface area contributed by atoms with Crippen LogP contribution < -0.4 is 5.32 Å². The number of rotatable bonds is 6. The van der Waals surface area contributed by atoms with Crippen LogP contribution in [0.25, 0.3) is 0 Å². The molecule has 1 aromatic rings. The van der Waals surface area contributed by atoms with Gasteiger partial charge < -0.3 is 10.2 Å². The topological polar surface area (TPSA) is 61.8 Å². The Labute approximate surface area is 174 Å². The minimum absolute atomic E-state index is 0.119. The maximum Gasteiger partial charge on any atom is 0.193 e. The fourth-order valence-electron chi connectivity index (χ4n) is 4.25. The van der Waals surface area contributed by atoms with Crippen LogP contribution in [0.3, 0.4) is 0 Å². The number of hydrogen-bond acceptors (Lipinski definition) is 4. The van der Waals surface area contributed by atoms with Crippen molar-refractivity contribution in [2.24, 2.45) is 4.99 Å². The van der Waals surface area contributed by atoms with Gasteiger partial charge in [0, 0.05) is 37.2 Å². The molecule has 0 bridgehead atoms. The second kappa shape index (κ2) is 10.0. The van der Waals surface area contributed by atoms with Crippen LogP contribution in [0.1, 0.15) is 44.1 Å². The lowest BCUT2D eigenvalue weighted by atomic mass is 9.87. The fourth-order valence-corrected chi connectivity index (χ4v) is 7.25. The second-order valence-corrected chi connectivity index (χ2v) is 11.7. The summed E-state index contributed by atoms with van der Waals surface area (Å²) in [5.74, 6) is 2.39. The summed E-state index contributed by atoms with van der Waals surface area (Å²) in [5, 5.41) is 3.40. The van der Waals surface area contributed by atoms with Crippen LogP contribution in [0.2, 0.25) is 0 Å². The minimum Gasteiger partial charge on any atom is -0.356 e. The summed E-state index contributed by atoms with van der Waals surface area (Å²) in [4.78, 5) is 6.84. The summed E-state index contributed by atoms with van der Waals surface area (Å²) in [6.07, 6.45) is 7.26. The van der Waals surface area contributed by atoms with E-state index in [1.54, 1.807) is 0 Å². The maximum absolute atomic E-state index is 12.3. The van der Waals surface area contributed by atoms with E-state index in [2.05, 4.69) is 27.0 Å². The Morgan fingerprint density at radius 1 is 1.21 bits per heavy atom. The molecule has 5 nitrogen and oxygen atoms in total. The van der Waals surface area contributed by atoms with Gasteiger partial charge in [-0.05, 0) is 24.8 Å². The summed E-state index contributed by atoms with van der Waals surface area (Å²) in [6.45, 7) is 2.71. The summed E-state index contributed by atoms with van der Waals surface area (Å²) in [5.41, 5.74) is 0.856. The Kier molecular flexibility index (Phi) is 7.69. The molecule has 1 heterocycles. The minimum atomic E-state index is -3.08.